The van der Waals surface area contributed by atoms with Crippen LogP contribution in [0.5, 0.6) is 0 Å². The van der Waals surface area contributed by atoms with E-state index in [1.54, 1.807) is 12.1 Å². The first kappa shape index (κ1) is 11.9. The Hall–Kier alpha value is -1.62. The summed E-state index contributed by atoms with van der Waals surface area (Å²) in [6, 6.07) is 8.21. The molecule has 0 fully saturated rings. The van der Waals surface area contributed by atoms with Gasteiger partial charge in [-0.1, -0.05) is 11.8 Å². The quantitative estimate of drug-likeness (QED) is 0.848. The fraction of sp³-hybridized carbons (Fsp3) is 0.167. The molecule has 3 nitrogen and oxygen atoms in total. The molecule has 1 N–H and O–H groups in total. The minimum Gasteiger partial charge on any atom is -0.373 e. The molecule has 0 bridgehead atoms. The molecule has 0 saturated heterocycles. The first-order valence-corrected chi connectivity index (χ1v) is 5.96. The highest BCUT2D eigenvalue weighted by atomic mass is 32.2. The Morgan fingerprint density at radius 3 is 2.53 bits per heavy atom. The van der Waals surface area contributed by atoms with Gasteiger partial charge < -0.3 is 5.32 Å². The van der Waals surface area contributed by atoms with Gasteiger partial charge in [0.25, 0.3) is 0 Å². The van der Waals surface area contributed by atoms with E-state index < -0.39 is 0 Å². The third kappa shape index (κ3) is 3.17. The van der Waals surface area contributed by atoms with E-state index in [0.29, 0.717) is 5.82 Å². The van der Waals surface area contributed by atoms with Crippen molar-refractivity contribution in [1.82, 2.24) is 9.97 Å². The van der Waals surface area contributed by atoms with Crippen LogP contribution >= 0.6 is 11.8 Å². The maximum absolute atomic E-state index is 12.8. The second-order valence-corrected chi connectivity index (χ2v) is 4.54. The number of anilines is 1. The molecule has 0 aliphatic rings. The summed E-state index contributed by atoms with van der Waals surface area (Å²) in [5.41, 5.74) is 0. The number of aromatic nitrogens is 2. The first-order valence-electron chi connectivity index (χ1n) is 5.14. The highest BCUT2D eigenvalue weighted by molar-refractivity contribution is 7.99. The maximum Gasteiger partial charge on any atom is 0.130 e. The van der Waals surface area contributed by atoms with Crippen LogP contribution in [0.2, 0.25) is 0 Å². The van der Waals surface area contributed by atoms with Gasteiger partial charge in [0.15, 0.2) is 0 Å². The fourth-order valence-electron chi connectivity index (χ4n) is 1.34. The molecule has 0 saturated carbocycles. The third-order valence-electron chi connectivity index (χ3n) is 2.11. The summed E-state index contributed by atoms with van der Waals surface area (Å²) in [5.74, 6) is 1.26. The van der Waals surface area contributed by atoms with Crippen molar-refractivity contribution in [1.29, 1.82) is 0 Å². The van der Waals surface area contributed by atoms with Crippen LogP contribution in [0.15, 0.2) is 40.3 Å². The summed E-state index contributed by atoms with van der Waals surface area (Å²) in [6.45, 7) is 1.84. The Bertz CT molecular complexity index is 514. The number of nitrogens with one attached hydrogen (secondary N) is 1. The van der Waals surface area contributed by atoms with Gasteiger partial charge in [-0.3, -0.25) is 0 Å². The maximum atomic E-state index is 12.8. The van der Waals surface area contributed by atoms with Crippen LogP contribution in [0.3, 0.4) is 0 Å². The zero-order valence-electron chi connectivity index (χ0n) is 9.57. The SMILES string of the molecule is CNc1cc(Sc2ccc(F)cc2)nc(C)n1. The summed E-state index contributed by atoms with van der Waals surface area (Å²) < 4.78 is 12.8. The van der Waals surface area contributed by atoms with Gasteiger partial charge in [-0.25, -0.2) is 14.4 Å². The second-order valence-electron chi connectivity index (χ2n) is 3.44. The van der Waals surface area contributed by atoms with Crippen LogP contribution in [-0.4, -0.2) is 17.0 Å². The van der Waals surface area contributed by atoms with E-state index in [-0.39, 0.29) is 5.82 Å². The molecule has 88 valence electrons. The highest BCUT2D eigenvalue weighted by Crippen LogP contribution is 2.27. The first-order chi connectivity index (χ1) is 8.17. The van der Waals surface area contributed by atoms with E-state index in [2.05, 4.69) is 15.3 Å². The number of nitrogens with zero attached hydrogens (tertiary/aromatic N) is 2. The van der Waals surface area contributed by atoms with Crippen molar-refractivity contribution < 1.29 is 4.39 Å². The predicted octanol–water partition coefficient (Wildman–Crippen LogP) is 3.12. The highest BCUT2D eigenvalue weighted by Gasteiger charge is 2.03. The van der Waals surface area contributed by atoms with Gasteiger partial charge in [-0.05, 0) is 31.2 Å². The van der Waals surface area contributed by atoms with Crippen molar-refractivity contribution in [2.75, 3.05) is 12.4 Å². The number of rotatable bonds is 3. The molecule has 0 aliphatic carbocycles. The molecule has 0 aliphatic heterocycles. The summed E-state index contributed by atoms with van der Waals surface area (Å²) in [4.78, 5) is 9.48. The number of halogens is 1. The lowest BCUT2D eigenvalue weighted by molar-refractivity contribution is 0.626. The second kappa shape index (κ2) is 5.14. The van der Waals surface area contributed by atoms with Crippen molar-refractivity contribution >= 4 is 17.6 Å². The van der Waals surface area contributed by atoms with Gasteiger partial charge in [0.2, 0.25) is 0 Å². The van der Waals surface area contributed by atoms with Gasteiger partial charge in [-0.15, -0.1) is 0 Å². The molecule has 0 spiro atoms. The molecular formula is C12H12FN3S. The molecule has 1 aromatic carbocycles. The van der Waals surface area contributed by atoms with Crippen molar-refractivity contribution in [3.8, 4) is 0 Å². The molecule has 0 amide bonds. The molecule has 0 unspecified atom stereocenters. The van der Waals surface area contributed by atoms with E-state index in [4.69, 9.17) is 0 Å². The van der Waals surface area contributed by atoms with E-state index in [9.17, 15) is 4.39 Å². The standard InChI is InChI=1S/C12H12FN3S/c1-8-15-11(14-2)7-12(16-8)17-10-5-3-9(13)4-6-10/h3-7H,1-2H3,(H,14,15,16). The molecule has 17 heavy (non-hydrogen) atoms. The van der Waals surface area contributed by atoms with Crippen molar-refractivity contribution in [3.63, 3.8) is 0 Å². The van der Waals surface area contributed by atoms with E-state index in [1.165, 1.54) is 23.9 Å². The lowest BCUT2D eigenvalue weighted by atomic mass is 10.4. The Labute approximate surface area is 103 Å². The number of benzene rings is 1. The van der Waals surface area contributed by atoms with E-state index in [1.807, 2.05) is 20.0 Å². The number of aryl methyl sites for hydroxylation is 1. The van der Waals surface area contributed by atoms with Crippen molar-refractivity contribution in [2.24, 2.45) is 0 Å². The predicted molar refractivity (Wildman–Crippen MR) is 66.8 cm³/mol. The van der Waals surface area contributed by atoms with E-state index in [0.717, 1.165) is 15.7 Å². The molecule has 5 heteroatoms. The Kier molecular flexibility index (Phi) is 3.58. The van der Waals surface area contributed by atoms with Crippen LogP contribution in [0.4, 0.5) is 10.2 Å². The van der Waals surface area contributed by atoms with Gasteiger partial charge in [0.1, 0.15) is 22.5 Å². The monoisotopic (exact) mass is 249 g/mol. The summed E-state index contributed by atoms with van der Waals surface area (Å²) >= 11 is 1.48. The lowest BCUT2D eigenvalue weighted by Crippen LogP contribution is -1.97. The summed E-state index contributed by atoms with van der Waals surface area (Å²) in [7, 11) is 1.81. The average Bonchev–Trinajstić information content (AvgIpc) is 2.31. The van der Waals surface area contributed by atoms with Gasteiger partial charge in [-0.2, -0.15) is 0 Å². The zero-order valence-corrected chi connectivity index (χ0v) is 10.4. The van der Waals surface area contributed by atoms with Crippen LogP contribution in [0.25, 0.3) is 0 Å². The van der Waals surface area contributed by atoms with Gasteiger partial charge >= 0.3 is 0 Å². The number of hydrogen-bond acceptors (Lipinski definition) is 4. The van der Waals surface area contributed by atoms with E-state index >= 15 is 0 Å². The minimum absolute atomic E-state index is 0.232. The molecule has 2 rings (SSSR count). The molecule has 1 aromatic heterocycles. The average molecular weight is 249 g/mol. The molecule has 2 aromatic rings. The lowest BCUT2D eigenvalue weighted by Gasteiger charge is -2.05. The topological polar surface area (TPSA) is 37.8 Å². The number of hydrogen-bond donors (Lipinski definition) is 1. The smallest absolute Gasteiger partial charge is 0.130 e. The largest absolute Gasteiger partial charge is 0.373 e. The van der Waals surface area contributed by atoms with Crippen LogP contribution in [-0.2, 0) is 0 Å². The Morgan fingerprint density at radius 1 is 1.18 bits per heavy atom. The van der Waals surface area contributed by atoms with Crippen molar-refractivity contribution in [2.45, 2.75) is 16.8 Å². The summed E-state index contributed by atoms with van der Waals surface area (Å²) in [6.07, 6.45) is 0. The third-order valence-corrected chi connectivity index (χ3v) is 3.03. The molecule has 1 heterocycles. The van der Waals surface area contributed by atoms with Crippen LogP contribution < -0.4 is 5.32 Å². The van der Waals surface area contributed by atoms with Crippen molar-refractivity contribution in [3.05, 3.63) is 42.0 Å². The minimum atomic E-state index is -0.232. The fourth-order valence-corrected chi connectivity index (χ4v) is 2.21. The Balaban J connectivity index is 2.23. The van der Waals surface area contributed by atoms with Gasteiger partial charge in [0, 0.05) is 18.0 Å². The normalized spacial score (nSPS) is 10.3. The molecular weight excluding hydrogens is 237 g/mol. The molecule has 0 atom stereocenters. The van der Waals surface area contributed by atoms with Gasteiger partial charge in [0.05, 0.1) is 0 Å². The Morgan fingerprint density at radius 2 is 1.88 bits per heavy atom. The summed E-state index contributed by atoms with van der Waals surface area (Å²) in [5, 5.41) is 3.82. The van der Waals surface area contributed by atoms with Crippen LogP contribution in [0.1, 0.15) is 5.82 Å². The zero-order chi connectivity index (χ0) is 12.3. The molecule has 0 radical (unpaired) electrons. The van der Waals surface area contributed by atoms with Crippen LogP contribution in [0, 0.1) is 12.7 Å².